The van der Waals surface area contributed by atoms with Gasteiger partial charge in [-0.3, -0.25) is 15.1 Å². The van der Waals surface area contributed by atoms with Crippen molar-refractivity contribution < 1.29 is 9.00 Å². The molecule has 3 heterocycles. The second-order valence-corrected chi connectivity index (χ2v) is 11.1. The molecule has 164 valence electrons. The number of carbonyl (C=O) groups is 1. The number of urea groups is 1. The van der Waals surface area contributed by atoms with Crippen molar-refractivity contribution in [3.63, 3.8) is 0 Å². The molecule has 1 aliphatic rings. The van der Waals surface area contributed by atoms with E-state index in [4.69, 9.17) is 9.76 Å². The molecule has 0 spiro atoms. The average Bonchev–Trinajstić information content (AvgIpc) is 3.17. The molecule has 0 bridgehead atoms. The number of nitriles is 1. The predicted molar refractivity (Wildman–Crippen MR) is 126 cm³/mol. The number of pyridine rings is 1. The van der Waals surface area contributed by atoms with Gasteiger partial charge in [0, 0.05) is 51.3 Å². The maximum absolute atomic E-state index is 12.8. The average molecular weight is 467 g/mol. The van der Waals surface area contributed by atoms with Gasteiger partial charge in [0.1, 0.15) is 0 Å². The van der Waals surface area contributed by atoms with Crippen LogP contribution in [0.15, 0.2) is 36.4 Å². The fraction of sp³-hybridized carbons (Fsp3) is 0.273. The molecule has 0 unspecified atom stereocenters. The van der Waals surface area contributed by atoms with Crippen molar-refractivity contribution in [3.8, 4) is 27.8 Å². The number of thiazole rings is 1. The van der Waals surface area contributed by atoms with Gasteiger partial charge in [-0.25, -0.2) is 14.0 Å². The zero-order chi connectivity index (χ0) is 22.9. The third kappa shape index (κ3) is 4.79. The van der Waals surface area contributed by atoms with Crippen molar-refractivity contribution in [3.05, 3.63) is 53.3 Å². The van der Waals surface area contributed by atoms with Crippen LogP contribution in [0.2, 0.25) is 0 Å². The number of aromatic nitrogens is 2. The van der Waals surface area contributed by atoms with Crippen LogP contribution in [0.3, 0.4) is 0 Å². The van der Waals surface area contributed by atoms with E-state index in [1.165, 1.54) is 11.3 Å². The van der Waals surface area contributed by atoms with Crippen molar-refractivity contribution in [2.45, 2.75) is 13.8 Å². The van der Waals surface area contributed by atoms with Crippen LogP contribution < -0.4 is 5.32 Å². The summed E-state index contributed by atoms with van der Waals surface area (Å²) in [6, 6.07) is 13.0. The Hall–Kier alpha value is -3.29. The minimum atomic E-state index is -2.58. The van der Waals surface area contributed by atoms with Crippen LogP contribution in [0.1, 0.15) is 17.0 Å². The fourth-order valence-corrected chi connectivity index (χ4v) is 5.77. The molecule has 1 saturated heterocycles. The summed E-state index contributed by atoms with van der Waals surface area (Å²) in [7, 11) is -2.58. The van der Waals surface area contributed by atoms with E-state index in [1.54, 1.807) is 17.0 Å². The van der Waals surface area contributed by atoms with Crippen LogP contribution in [0.25, 0.3) is 21.7 Å². The Bertz CT molecular complexity index is 1310. The second-order valence-electron chi connectivity index (χ2n) is 7.67. The highest BCUT2D eigenvalue weighted by molar-refractivity contribution is 7.92. The number of hydrogen-bond donors (Lipinski definition) is 2. The number of nitrogens with zero attached hydrogens (tertiary/aromatic N) is 4. The van der Waals surface area contributed by atoms with Crippen LogP contribution in [0.4, 0.5) is 9.93 Å². The van der Waals surface area contributed by atoms with Gasteiger partial charge in [0.25, 0.3) is 0 Å². The molecule has 2 N–H and O–H groups in total. The van der Waals surface area contributed by atoms with E-state index in [0.717, 1.165) is 27.4 Å². The molecule has 0 radical (unpaired) electrons. The van der Waals surface area contributed by atoms with Gasteiger partial charge >= 0.3 is 6.03 Å². The van der Waals surface area contributed by atoms with Crippen LogP contribution in [0, 0.1) is 30.0 Å². The van der Waals surface area contributed by atoms with E-state index in [9.17, 15) is 14.3 Å². The summed E-state index contributed by atoms with van der Waals surface area (Å²) in [6.45, 7) is 4.42. The van der Waals surface area contributed by atoms with Crippen LogP contribution in [-0.2, 0) is 9.73 Å². The first-order chi connectivity index (χ1) is 15.2. The highest BCUT2D eigenvalue weighted by Gasteiger charge is 2.24. The second kappa shape index (κ2) is 8.68. The molecule has 0 aliphatic carbocycles. The Morgan fingerprint density at radius 3 is 2.50 bits per heavy atom. The topological polar surface area (TPSA) is 123 Å². The number of rotatable bonds is 3. The molecule has 1 aromatic carbocycles. The smallest absolute Gasteiger partial charge is 0.323 e. The monoisotopic (exact) mass is 466 g/mol. The zero-order valence-electron chi connectivity index (χ0n) is 17.7. The minimum absolute atomic E-state index is 0.186. The van der Waals surface area contributed by atoms with Gasteiger partial charge < -0.3 is 4.90 Å². The molecule has 10 heteroatoms. The Balaban J connectivity index is 1.71. The summed E-state index contributed by atoms with van der Waals surface area (Å²) in [4.78, 5) is 24.3. The van der Waals surface area contributed by atoms with E-state index in [1.807, 2.05) is 38.1 Å². The summed E-state index contributed by atoms with van der Waals surface area (Å²) in [5.74, 6) is 0.372. The van der Waals surface area contributed by atoms with E-state index in [-0.39, 0.29) is 30.6 Å². The highest BCUT2D eigenvalue weighted by Crippen LogP contribution is 2.39. The molecule has 0 atom stereocenters. The van der Waals surface area contributed by atoms with Crippen molar-refractivity contribution >= 4 is 32.2 Å². The lowest BCUT2D eigenvalue weighted by Gasteiger charge is -2.27. The minimum Gasteiger partial charge on any atom is -0.323 e. The van der Waals surface area contributed by atoms with E-state index in [2.05, 4.69) is 16.4 Å². The SMILES string of the molecule is Cc1cc(-c2sc(NC(=O)N3CCS(=N)(=O)CC3)nc2-c2cccc(C#N)c2)cc(C)n1. The molecular formula is C22H22N6O2S2. The van der Waals surface area contributed by atoms with Crippen LogP contribution in [0.5, 0.6) is 0 Å². The van der Waals surface area contributed by atoms with Gasteiger partial charge in [-0.15, -0.1) is 0 Å². The molecule has 4 rings (SSSR count). The molecule has 32 heavy (non-hydrogen) atoms. The molecule has 8 nitrogen and oxygen atoms in total. The summed E-state index contributed by atoms with van der Waals surface area (Å²) in [5.41, 5.74) is 4.69. The third-order valence-corrected chi connectivity index (χ3v) is 7.82. The number of hydrogen-bond acceptors (Lipinski definition) is 7. The van der Waals surface area contributed by atoms with Crippen molar-refractivity contribution in [1.82, 2.24) is 14.9 Å². The first-order valence-electron chi connectivity index (χ1n) is 10.0. The Morgan fingerprint density at radius 1 is 1.16 bits per heavy atom. The van der Waals surface area contributed by atoms with Gasteiger partial charge in [-0.2, -0.15) is 5.26 Å². The number of benzene rings is 1. The Morgan fingerprint density at radius 2 is 1.84 bits per heavy atom. The van der Waals surface area contributed by atoms with Gasteiger partial charge in [0.2, 0.25) is 0 Å². The molecule has 2 amide bonds. The molecule has 3 aromatic rings. The predicted octanol–water partition coefficient (Wildman–Crippen LogP) is 4.25. The maximum Gasteiger partial charge on any atom is 0.323 e. The normalized spacial score (nSPS) is 15.2. The first kappa shape index (κ1) is 21.9. The number of carbonyl (C=O) groups excluding carboxylic acids is 1. The fourth-order valence-electron chi connectivity index (χ4n) is 3.57. The molecule has 2 aromatic heterocycles. The third-order valence-electron chi connectivity index (χ3n) is 5.12. The summed E-state index contributed by atoms with van der Waals surface area (Å²) < 4.78 is 19.6. The maximum atomic E-state index is 12.8. The lowest BCUT2D eigenvalue weighted by atomic mass is 10.0. The van der Waals surface area contributed by atoms with Gasteiger partial charge in [0.15, 0.2) is 5.13 Å². The Kier molecular flexibility index (Phi) is 5.95. The van der Waals surface area contributed by atoms with E-state index >= 15 is 0 Å². The molecule has 1 fully saturated rings. The van der Waals surface area contributed by atoms with Crippen LogP contribution in [-0.4, -0.2) is 49.7 Å². The van der Waals surface area contributed by atoms with E-state index in [0.29, 0.717) is 16.4 Å². The number of nitrogens with one attached hydrogen (secondary N) is 2. The molecule has 1 aliphatic heterocycles. The molecular weight excluding hydrogens is 444 g/mol. The summed E-state index contributed by atoms with van der Waals surface area (Å²) >= 11 is 1.36. The molecule has 0 saturated carbocycles. The standard InChI is InChI=1S/C22H22N6O2S2/c1-14-10-18(11-15(2)25-14)20-19(17-5-3-4-16(12-17)13-23)26-21(31-20)27-22(29)28-6-8-32(24,30)9-7-28/h3-5,10-12,24H,6-9H2,1-2H3,(H,26,27,29). The van der Waals surface area contributed by atoms with Crippen molar-refractivity contribution in [2.75, 3.05) is 29.9 Å². The Labute approximate surface area is 190 Å². The van der Waals surface area contributed by atoms with Gasteiger partial charge in [-0.05, 0) is 43.7 Å². The van der Waals surface area contributed by atoms with Gasteiger partial charge in [0.05, 0.1) is 22.2 Å². The van der Waals surface area contributed by atoms with Gasteiger partial charge in [-0.1, -0.05) is 23.5 Å². The zero-order valence-corrected chi connectivity index (χ0v) is 19.3. The lowest BCUT2D eigenvalue weighted by Crippen LogP contribution is -2.45. The lowest BCUT2D eigenvalue weighted by molar-refractivity contribution is 0.216. The van der Waals surface area contributed by atoms with Crippen molar-refractivity contribution in [1.29, 1.82) is 10.0 Å². The van der Waals surface area contributed by atoms with Crippen LogP contribution >= 0.6 is 11.3 Å². The number of anilines is 1. The number of aryl methyl sites for hydroxylation is 2. The largest absolute Gasteiger partial charge is 0.323 e. The highest BCUT2D eigenvalue weighted by atomic mass is 32.2. The quantitative estimate of drug-likeness (QED) is 0.597. The summed E-state index contributed by atoms with van der Waals surface area (Å²) in [5, 5.41) is 12.6. The van der Waals surface area contributed by atoms with Crippen molar-refractivity contribution in [2.24, 2.45) is 0 Å². The van der Waals surface area contributed by atoms with E-state index < -0.39 is 9.73 Å². The number of amides is 2. The first-order valence-corrected chi connectivity index (χ1v) is 12.7. The summed E-state index contributed by atoms with van der Waals surface area (Å²) in [6.07, 6.45) is 0.